The second-order valence-electron chi connectivity index (χ2n) is 8.25. The summed E-state index contributed by atoms with van der Waals surface area (Å²) >= 11 is 0. The van der Waals surface area contributed by atoms with Crippen LogP contribution in [0.3, 0.4) is 0 Å². The molecule has 0 saturated heterocycles. The molecule has 0 aliphatic carbocycles. The normalized spacial score (nSPS) is 10.7. The highest BCUT2D eigenvalue weighted by Crippen LogP contribution is 2.24. The van der Waals surface area contributed by atoms with Gasteiger partial charge in [0.2, 0.25) is 0 Å². The molecule has 0 radical (unpaired) electrons. The number of rotatable bonds is 9. The maximum absolute atomic E-state index is 13.4. The molecule has 35 heavy (non-hydrogen) atoms. The Balaban J connectivity index is 1.48. The summed E-state index contributed by atoms with van der Waals surface area (Å²) < 4.78 is 6.94. The number of para-hydroxylation sites is 2. The predicted molar refractivity (Wildman–Crippen MR) is 139 cm³/mol. The van der Waals surface area contributed by atoms with E-state index in [4.69, 9.17) is 4.74 Å². The van der Waals surface area contributed by atoms with Gasteiger partial charge in [-0.1, -0.05) is 36.4 Å². The molecule has 4 rings (SSSR count). The van der Waals surface area contributed by atoms with Crippen molar-refractivity contribution in [2.24, 2.45) is 0 Å². The monoisotopic (exact) mass is 468 g/mol. The third-order valence-electron chi connectivity index (χ3n) is 5.34. The number of aromatic nitrogens is 2. The van der Waals surface area contributed by atoms with Crippen molar-refractivity contribution < 1.29 is 9.53 Å². The Hall–Kier alpha value is -4.39. The van der Waals surface area contributed by atoms with Crippen molar-refractivity contribution in [1.29, 1.82) is 0 Å². The van der Waals surface area contributed by atoms with Gasteiger partial charge in [-0.25, -0.2) is 4.68 Å². The summed E-state index contributed by atoms with van der Waals surface area (Å²) in [4.78, 5) is 27.4. The van der Waals surface area contributed by atoms with E-state index in [0.29, 0.717) is 5.75 Å². The lowest BCUT2D eigenvalue weighted by molar-refractivity contribution is 0.0972. The molecule has 0 atom stereocenters. The van der Waals surface area contributed by atoms with Gasteiger partial charge in [-0.15, -0.1) is 0 Å². The fourth-order valence-corrected chi connectivity index (χ4v) is 3.66. The lowest BCUT2D eigenvalue weighted by atomic mass is 10.2. The number of anilines is 3. The maximum Gasteiger partial charge on any atom is 0.278 e. The Kier molecular flexibility index (Phi) is 7.57. The van der Waals surface area contributed by atoms with E-state index >= 15 is 0 Å². The largest absolute Gasteiger partial charge is 0.492 e. The van der Waals surface area contributed by atoms with Crippen molar-refractivity contribution in [1.82, 2.24) is 9.78 Å². The number of nitrogens with one attached hydrogen (secondary N) is 1. The number of benzene rings is 3. The van der Waals surface area contributed by atoms with E-state index in [1.54, 1.807) is 4.90 Å². The molecule has 1 N–H and O–H groups in total. The van der Waals surface area contributed by atoms with E-state index in [1.165, 1.54) is 16.8 Å². The molecule has 0 saturated carbocycles. The van der Waals surface area contributed by atoms with Gasteiger partial charge in [0.15, 0.2) is 0 Å². The standard InChI is InChI=1S/C28H28N4O3/c1-21(2)32(24-15-13-23(14-16-24)29-22-9-5-3-6-10-22)28(34)26-17-18-27(33)31(30-26)19-20-35-25-11-7-4-8-12-25/h3-18,21,29H,19-20H2,1-2H3. The number of amides is 1. The van der Waals surface area contributed by atoms with Crippen LogP contribution < -0.4 is 20.5 Å². The van der Waals surface area contributed by atoms with Gasteiger partial charge in [0.1, 0.15) is 18.1 Å². The average Bonchev–Trinajstić information content (AvgIpc) is 2.87. The van der Waals surface area contributed by atoms with Crippen molar-refractivity contribution in [2.45, 2.75) is 26.4 Å². The zero-order valence-corrected chi connectivity index (χ0v) is 19.8. The van der Waals surface area contributed by atoms with E-state index in [9.17, 15) is 9.59 Å². The highest BCUT2D eigenvalue weighted by Gasteiger charge is 2.22. The second kappa shape index (κ2) is 11.2. The molecule has 1 amide bonds. The minimum Gasteiger partial charge on any atom is -0.492 e. The van der Waals surface area contributed by atoms with Crippen LogP contribution in [0.2, 0.25) is 0 Å². The van der Waals surface area contributed by atoms with Crippen LogP contribution in [-0.2, 0) is 6.54 Å². The minimum atomic E-state index is -0.286. The molecule has 1 heterocycles. The fraction of sp³-hybridized carbons (Fsp3) is 0.179. The van der Waals surface area contributed by atoms with Gasteiger partial charge in [-0.05, 0) is 68.4 Å². The average molecular weight is 469 g/mol. The summed E-state index contributed by atoms with van der Waals surface area (Å²) in [5.74, 6) is 0.436. The highest BCUT2D eigenvalue weighted by molar-refractivity contribution is 6.05. The molecule has 7 nitrogen and oxygen atoms in total. The molecule has 7 heteroatoms. The smallest absolute Gasteiger partial charge is 0.278 e. The maximum atomic E-state index is 13.4. The highest BCUT2D eigenvalue weighted by atomic mass is 16.5. The Labute approximate surface area is 204 Å². The van der Waals surface area contributed by atoms with Crippen molar-refractivity contribution in [3.8, 4) is 5.75 Å². The molecule has 0 fully saturated rings. The van der Waals surface area contributed by atoms with Crippen molar-refractivity contribution in [2.75, 3.05) is 16.8 Å². The van der Waals surface area contributed by atoms with Gasteiger partial charge in [0.25, 0.3) is 11.5 Å². The molecule has 0 spiro atoms. The first kappa shape index (κ1) is 23.8. The number of hydrogen-bond acceptors (Lipinski definition) is 5. The second-order valence-corrected chi connectivity index (χ2v) is 8.25. The first-order valence-electron chi connectivity index (χ1n) is 11.5. The topological polar surface area (TPSA) is 76.5 Å². The zero-order valence-electron chi connectivity index (χ0n) is 19.8. The van der Waals surface area contributed by atoms with Crippen LogP contribution in [-0.4, -0.2) is 28.3 Å². The molecular formula is C28H28N4O3. The van der Waals surface area contributed by atoms with Crippen molar-refractivity contribution in [3.05, 3.63) is 113 Å². The Morgan fingerprint density at radius 2 is 1.51 bits per heavy atom. The molecule has 178 valence electrons. The molecule has 0 unspecified atom stereocenters. The lowest BCUT2D eigenvalue weighted by Gasteiger charge is -2.27. The van der Waals surface area contributed by atoms with Crippen LogP contribution in [0.4, 0.5) is 17.1 Å². The first-order valence-corrected chi connectivity index (χ1v) is 11.5. The van der Waals surface area contributed by atoms with Crippen LogP contribution in [0, 0.1) is 0 Å². The Bertz CT molecular complexity index is 1300. The summed E-state index contributed by atoms with van der Waals surface area (Å²) in [6, 6.07) is 29.6. The van der Waals surface area contributed by atoms with Crippen LogP contribution >= 0.6 is 0 Å². The predicted octanol–water partition coefficient (Wildman–Crippen LogP) is 5.12. The van der Waals surface area contributed by atoms with Gasteiger partial charge in [-0.3, -0.25) is 9.59 Å². The number of carbonyl (C=O) groups excluding carboxylic acids is 1. The molecule has 0 bridgehead atoms. The fourth-order valence-electron chi connectivity index (χ4n) is 3.66. The van der Waals surface area contributed by atoms with E-state index in [0.717, 1.165) is 17.1 Å². The van der Waals surface area contributed by atoms with Crippen molar-refractivity contribution >= 4 is 23.0 Å². The summed E-state index contributed by atoms with van der Waals surface area (Å²) in [7, 11) is 0. The van der Waals surface area contributed by atoms with Crippen LogP contribution in [0.25, 0.3) is 0 Å². The Morgan fingerprint density at radius 1 is 0.886 bits per heavy atom. The number of nitrogens with zero attached hydrogens (tertiary/aromatic N) is 3. The quantitative estimate of drug-likeness (QED) is 0.369. The lowest BCUT2D eigenvalue weighted by Crippen LogP contribution is -2.39. The molecule has 1 aromatic heterocycles. The molecule has 0 aliphatic rings. The SMILES string of the molecule is CC(C)N(C(=O)c1ccc(=O)n(CCOc2ccccc2)n1)c1ccc(Nc2ccccc2)cc1. The van der Waals surface area contributed by atoms with Crippen LogP contribution in [0.1, 0.15) is 24.3 Å². The third-order valence-corrected chi connectivity index (χ3v) is 5.34. The summed E-state index contributed by atoms with van der Waals surface area (Å²) in [5, 5.41) is 7.67. The molecule has 4 aromatic rings. The van der Waals surface area contributed by atoms with Gasteiger partial charge >= 0.3 is 0 Å². The molecule has 3 aromatic carbocycles. The molecule has 0 aliphatic heterocycles. The van der Waals surface area contributed by atoms with Crippen molar-refractivity contribution in [3.63, 3.8) is 0 Å². The summed E-state index contributed by atoms with van der Waals surface area (Å²) in [5.41, 5.74) is 2.56. The van der Waals surface area contributed by atoms with Gasteiger partial charge in [0, 0.05) is 29.2 Å². The first-order chi connectivity index (χ1) is 17.0. The summed E-state index contributed by atoms with van der Waals surface area (Å²) in [6.07, 6.45) is 0. The zero-order chi connectivity index (χ0) is 24.6. The van der Waals surface area contributed by atoms with E-state index in [1.807, 2.05) is 98.8 Å². The van der Waals surface area contributed by atoms with Crippen LogP contribution in [0.5, 0.6) is 5.75 Å². The Morgan fingerprint density at radius 3 is 2.17 bits per heavy atom. The summed E-state index contributed by atoms with van der Waals surface area (Å²) in [6.45, 7) is 4.38. The third kappa shape index (κ3) is 6.14. The molecular weight excluding hydrogens is 440 g/mol. The number of carbonyl (C=O) groups is 1. The number of ether oxygens (including phenoxy) is 1. The van der Waals surface area contributed by atoms with E-state index in [-0.39, 0.29) is 36.4 Å². The van der Waals surface area contributed by atoms with Gasteiger partial charge < -0.3 is 15.0 Å². The van der Waals surface area contributed by atoms with E-state index < -0.39 is 0 Å². The van der Waals surface area contributed by atoms with E-state index in [2.05, 4.69) is 10.4 Å². The minimum absolute atomic E-state index is 0.112. The number of hydrogen-bond donors (Lipinski definition) is 1. The van der Waals surface area contributed by atoms with Crippen LogP contribution in [0.15, 0.2) is 102 Å². The van der Waals surface area contributed by atoms with Gasteiger partial charge in [0.05, 0.1) is 6.54 Å². The van der Waals surface area contributed by atoms with Gasteiger partial charge in [-0.2, -0.15) is 5.10 Å².